The van der Waals surface area contributed by atoms with Gasteiger partial charge in [-0.05, 0) is 48.8 Å². The van der Waals surface area contributed by atoms with Gasteiger partial charge in [-0.15, -0.1) is 0 Å². The smallest absolute Gasteiger partial charge is 0.0233 e. The molecule has 2 rings (SSSR count). The van der Waals surface area contributed by atoms with Crippen LogP contribution in [0.25, 0.3) is 0 Å². The lowest BCUT2D eigenvalue weighted by molar-refractivity contribution is 0.320. The first-order chi connectivity index (χ1) is 8.72. The Morgan fingerprint density at radius 2 is 1.83 bits per heavy atom. The first-order valence-corrected chi connectivity index (χ1v) is 7.54. The summed E-state index contributed by atoms with van der Waals surface area (Å²) in [5, 5.41) is 0. The maximum atomic E-state index is 2.58. The predicted molar refractivity (Wildman–Crippen MR) is 78.8 cm³/mol. The topological polar surface area (TPSA) is 3.24 Å². The second-order valence-electron chi connectivity index (χ2n) is 5.88. The Labute approximate surface area is 112 Å². The molecule has 1 aromatic carbocycles. The number of likely N-dealkylation sites (tertiary alicyclic amines) is 1. The molecule has 1 aliphatic rings. The van der Waals surface area contributed by atoms with Gasteiger partial charge in [-0.2, -0.15) is 0 Å². The third kappa shape index (κ3) is 3.35. The van der Waals surface area contributed by atoms with Crippen LogP contribution in [0.2, 0.25) is 0 Å². The lowest BCUT2D eigenvalue weighted by atomic mass is 9.93. The van der Waals surface area contributed by atoms with Gasteiger partial charge in [0.1, 0.15) is 0 Å². The summed E-state index contributed by atoms with van der Waals surface area (Å²) in [6, 6.07) is 9.34. The van der Waals surface area contributed by atoms with Gasteiger partial charge in [-0.3, -0.25) is 4.90 Å². The molecule has 0 amide bonds. The van der Waals surface area contributed by atoms with E-state index in [1.807, 2.05) is 0 Å². The minimum Gasteiger partial charge on any atom is -0.299 e. The molecular weight excluding hydrogens is 218 g/mol. The van der Waals surface area contributed by atoms with E-state index in [2.05, 4.69) is 49.9 Å². The van der Waals surface area contributed by atoms with Gasteiger partial charge in [0.15, 0.2) is 0 Å². The van der Waals surface area contributed by atoms with Crippen LogP contribution in [-0.4, -0.2) is 18.0 Å². The Kier molecular flexibility index (Phi) is 4.82. The molecule has 0 radical (unpaired) electrons. The normalized spacial score (nSPS) is 20.8. The Morgan fingerprint density at radius 3 is 2.33 bits per heavy atom. The third-order valence-electron chi connectivity index (χ3n) is 4.35. The Bertz CT molecular complexity index is 350. The number of rotatable bonds is 5. The summed E-state index contributed by atoms with van der Waals surface area (Å²) in [7, 11) is 0. The van der Waals surface area contributed by atoms with Crippen LogP contribution in [0.1, 0.15) is 57.1 Å². The average molecular weight is 245 g/mol. The molecule has 0 aromatic heterocycles. The number of benzene rings is 1. The molecule has 1 unspecified atom stereocenters. The van der Waals surface area contributed by atoms with Crippen molar-refractivity contribution in [2.24, 2.45) is 5.92 Å². The monoisotopic (exact) mass is 245 g/mol. The van der Waals surface area contributed by atoms with Crippen molar-refractivity contribution in [3.05, 3.63) is 35.4 Å². The highest BCUT2D eigenvalue weighted by Gasteiger charge is 2.18. The van der Waals surface area contributed by atoms with Crippen molar-refractivity contribution >= 4 is 0 Å². The molecule has 0 aliphatic carbocycles. The van der Waals surface area contributed by atoms with Crippen LogP contribution in [0.15, 0.2) is 24.3 Å². The molecule has 1 aliphatic heterocycles. The van der Waals surface area contributed by atoms with Crippen LogP contribution in [-0.2, 0) is 6.54 Å². The molecule has 0 saturated carbocycles. The first kappa shape index (κ1) is 13.6. The van der Waals surface area contributed by atoms with Gasteiger partial charge < -0.3 is 0 Å². The van der Waals surface area contributed by atoms with Crippen LogP contribution in [0.5, 0.6) is 0 Å². The van der Waals surface area contributed by atoms with Crippen molar-refractivity contribution in [3.8, 4) is 0 Å². The Balaban J connectivity index is 1.95. The van der Waals surface area contributed by atoms with Crippen molar-refractivity contribution < 1.29 is 0 Å². The van der Waals surface area contributed by atoms with Crippen molar-refractivity contribution in [2.45, 2.75) is 52.5 Å². The molecule has 1 saturated heterocycles. The summed E-state index contributed by atoms with van der Waals surface area (Å²) >= 11 is 0. The fourth-order valence-electron chi connectivity index (χ4n) is 3.08. The minimum absolute atomic E-state index is 0.742. The maximum Gasteiger partial charge on any atom is 0.0233 e. The summed E-state index contributed by atoms with van der Waals surface area (Å²) < 4.78 is 0. The van der Waals surface area contributed by atoms with Gasteiger partial charge in [0.25, 0.3) is 0 Å². The van der Waals surface area contributed by atoms with Gasteiger partial charge in [-0.1, -0.05) is 45.0 Å². The molecule has 0 bridgehead atoms. The molecule has 1 nitrogen and oxygen atoms in total. The van der Waals surface area contributed by atoms with Crippen LogP contribution in [0.3, 0.4) is 0 Å². The summed E-state index contributed by atoms with van der Waals surface area (Å²) in [6.07, 6.45) is 3.87. The molecule has 100 valence electrons. The standard InChI is InChI=1S/C17H27N/c1-4-16(5-2)17-8-6-15(7-9-17)13-18-11-10-14(3)12-18/h6-9,14,16H,4-5,10-13H2,1-3H3. The van der Waals surface area contributed by atoms with E-state index in [-0.39, 0.29) is 0 Å². The van der Waals surface area contributed by atoms with Crippen molar-refractivity contribution in [1.29, 1.82) is 0 Å². The fourth-order valence-corrected chi connectivity index (χ4v) is 3.08. The second-order valence-corrected chi connectivity index (χ2v) is 5.88. The maximum absolute atomic E-state index is 2.58. The molecule has 0 N–H and O–H groups in total. The lowest BCUT2D eigenvalue weighted by Crippen LogP contribution is -2.19. The van der Waals surface area contributed by atoms with E-state index in [1.54, 1.807) is 0 Å². The first-order valence-electron chi connectivity index (χ1n) is 7.54. The SMILES string of the molecule is CCC(CC)c1ccc(CN2CCC(C)C2)cc1. The van der Waals surface area contributed by atoms with Crippen LogP contribution >= 0.6 is 0 Å². The molecule has 0 spiro atoms. The van der Waals surface area contributed by atoms with E-state index in [0.29, 0.717) is 0 Å². The highest BCUT2D eigenvalue weighted by molar-refractivity contribution is 5.25. The number of hydrogen-bond donors (Lipinski definition) is 0. The van der Waals surface area contributed by atoms with Crippen LogP contribution in [0.4, 0.5) is 0 Å². The van der Waals surface area contributed by atoms with E-state index in [1.165, 1.54) is 43.5 Å². The van der Waals surface area contributed by atoms with E-state index >= 15 is 0 Å². The summed E-state index contributed by atoms with van der Waals surface area (Å²) in [5.41, 5.74) is 2.98. The third-order valence-corrected chi connectivity index (χ3v) is 4.35. The van der Waals surface area contributed by atoms with Crippen molar-refractivity contribution in [2.75, 3.05) is 13.1 Å². The molecule has 1 heterocycles. The quantitative estimate of drug-likeness (QED) is 0.741. The molecule has 1 aromatic rings. The molecule has 1 heteroatoms. The summed E-state index contributed by atoms with van der Waals surface area (Å²) in [6.45, 7) is 10.6. The van der Waals surface area contributed by atoms with E-state index in [9.17, 15) is 0 Å². The van der Waals surface area contributed by atoms with Crippen LogP contribution < -0.4 is 0 Å². The van der Waals surface area contributed by atoms with Crippen molar-refractivity contribution in [3.63, 3.8) is 0 Å². The van der Waals surface area contributed by atoms with E-state index in [4.69, 9.17) is 0 Å². The lowest BCUT2D eigenvalue weighted by Gasteiger charge is -2.17. The Morgan fingerprint density at radius 1 is 1.17 bits per heavy atom. The van der Waals surface area contributed by atoms with Gasteiger partial charge in [0.2, 0.25) is 0 Å². The Hall–Kier alpha value is -0.820. The van der Waals surface area contributed by atoms with Gasteiger partial charge in [0, 0.05) is 13.1 Å². The summed E-state index contributed by atoms with van der Waals surface area (Å²) in [4.78, 5) is 2.58. The van der Waals surface area contributed by atoms with E-state index in [0.717, 1.165) is 18.4 Å². The average Bonchev–Trinajstić information content (AvgIpc) is 2.78. The molecule has 1 fully saturated rings. The zero-order valence-electron chi connectivity index (χ0n) is 12.2. The summed E-state index contributed by atoms with van der Waals surface area (Å²) in [5.74, 6) is 1.62. The van der Waals surface area contributed by atoms with Gasteiger partial charge >= 0.3 is 0 Å². The molecular formula is C17H27N. The van der Waals surface area contributed by atoms with Gasteiger partial charge in [0.05, 0.1) is 0 Å². The largest absolute Gasteiger partial charge is 0.299 e. The zero-order chi connectivity index (χ0) is 13.0. The number of nitrogens with zero attached hydrogens (tertiary/aromatic N) is 1. The van der Waals surface area contributed by atoms with Crippen LogP contribution in [0, 0.1) is 5.92 Å². The molecule has 1 atom stereocenters. The molecule has 18 heavy (non-hydrogen) atoms. The second kappa shape index (κ2) is 6.38. The fraction of sp³-hybridized carbons (Fsp3) is 0.647. The minimum atomic E-state index is 0.742. The highest BCUT2D eigenvalue weighted by Crippen LogP contribution is 2.24. The zero-order valence-corrected chi connectivity index (χ0v) is 12.2. The van der Waals surface area contributed by atoms with Crippen molar-refractivity contribution in [1.82, 2.24) is 4.90 Å². The van der Waals surface area contributed by atoms with Gasteiger partial charge in [-0.25, -0.2) is 0 Å². The van der Waals surface area contributed by atoms with E-state index < -0.39 is 0 Å². The number of hydrogen-bond acceptors (Lipinski definition) is 1. The highest BCUT2D eigenvalue weighted by atomic mass is 15.1. The predicted octanol–water partition coefficient (Wildman–Crippen LogP) is 4.43.